The predicted molar refractivity (Wildman–Crippen MR) is 78.7 cm³/mol. The van der Waals surface area contributed by atoms with E-state index >= 15 is 0 Å². The molecule has 1 fully saturated rings. The number of fused-ring (bicyclic) bond motifs is 1. The molecular weight excluding hydrogens is 286 g/mol. The topological polar surface area (TPSA) is 67.2 Å². The smallest absolute Gasteiger partial charge is 0.337 e. The zero-order valence-corrected chi connectivity index (χ0v) is 11.9. The summed E-state index contributed by atoms with van der Waals surface area (Å²) in [7, 11) is 0. The van der Waals surface area contributed by atoms with Crippen LogP contribution in [0.5, 0.6) is 0 Å². The maximum Gasteiger partial charge on any atom is 0.337 e. The third-order valence-corrected chi connectivity index (χ3v) is 4.66. The largest absolute Gasteiger partial charge is 0.390 e. The van der Waals surface area contributed by atoms with Gasteiger partial charge in [0.1, 0.15) is 6.07 Å². The maximum absolute atomic E-state index is 11.8. The van der Waals surface area contributed by atoms with Gasteiger partial charge in [0.15, 0.2) is 0 Å². The fourth-order valence-electron chi connectivity index (χ4n) is 2.47. The van der Waals surface area contributed by atoms with Crippen LogP contribution in [0.15, 0.2) is 36.2 Å². The molecule has 2 atom stereocenters. The van der Waals surface area contributed by atoms with Crippen molar-refractivity contribution in [3.8, 4) is 6.07 Å². The van der Waals surface area contributed by atoms with Crippen LogP contribution in [-0.4, -0.2) is 11.9 Å². The Kier molecular flexibility index (Phi) is 3.32. The fourth-order valence-corrected chi connectivity index (χ4v) is 3.57. The summed E-state index contributed by atoms with van der Waals surface area (Å²) in [4.78, 5) is 22.8. The van der Waals surface area contributed by atoms with Gasteiger partial charge < -0.3 is 4.74 Å². The highest BCUT2D eigenvalue weighted by Crippen LogP contribution is 2.51. The van der Waals surface area contributed by atoms with Crippen molar-refractivity contribution in [2.24, 2.45) is 5.92 Å². The molecule has 0 bridgehead atoms. The van der Waals surface area contributed by atoms with Gasteiger partial charge in [-0.1, -0.05) is 18.7 Å². The van der Waals surface area contributed by atoms with E-state index in [9.17, 15) is 9.59 Å². The van der Waals surface area contributed by atoms with Crippen molar-refractivity contribution >= 4 is 33.4 Å². The zero-order valence-electron chi connectivity index (χ0n) is 11.0. The van der Waals surface area contributed by atoms with Gasteiger partial charge in [-0.3, -0.25) is 4.79 Å². The molecular formula is C16H11NO3S. The summed E-state index contributed by atoms with van der Waals surface area (Å²) >= 11 is 1.51. The van der Waals surface area contributed by atoms with E-state index < -0.39 is 11.9 Å². The number of esters is 2. The number of hydrogen-bond acceptors (Lipinski definition) is 5. The summed E-state index contributed by atoms with van der Waals surface area (Å²) in [6.07, 6.45) is 1.65. The summed E-state index contributed by atoms with van der Waals surface area (Å²) < 4.78 is 5.60. The van der Waals surface area contributed by atoms with Crippen LogP contribution < -0.4 is 0 Å². The SMILES string of the molecule is C=CC(=O)OC(=O)C1CC1c1csc2c(C#N)cccc12. The van der Waals surface area contributed by atoms with E-state index in [0.29, 0.717) is 12.0 Å². The lowest BCUT2D eigenvalue weighted by molar-refractivity contribution is -0.157. The van der Waals surface area contributed by atoms with Gasteiger partial charge in [-0.25, -0.2) is 4.79 Å². The first-order valence-electron chi connectivity index (χ1n) is 6.44. The van der Waals surface area contributed by atoms with E-state index in [4.69, 9.17) is 5.26 Å². The van der Waals surface area contributed by atoms with Crippen LogP contribution in [0.3, 0.4) is 0 Å². The Hall–Kier alpha value is -2.45. The number of hydrogen-bond donors (Lipinski definition) is 0. The van der Waals surface area contributed by atoms with Crippen LogP contribution in [0.2, 0.25) is 0 Å². The lowest BCUT2D eigenvalue weighted by Crippen LogP contribution is -2.12. The highest BCUT2D eigenvalue weighted by molar-refractivity contribution is 7.17. The number of benzene rings is 1. The minimum Gasteiger partial charge on any atom is -0.390 e. The molecule has 5 heteroatoms. The molecule has 3 rings (SSSR count). The lowest BCUT2D eigenvalue weighted by Gasteiger charge is -2.00. The normalized spacial score (nSPS) is 19.8. The second-order valence-corrected chi connectivity index (χ2v) is 5.76. The van der Waals surface area contributed by atoms with Crippen molar-refractivity contribution in [2.45, 2.75) is 12.3 Å². The minimum atomic E-state index is -0.715. The summed E-state index contributed by atoms with van der Waals surface area (Å²) in [6, 6.07) is 7.75. The van der Waals surface area contributed by atoms with Crippen molar-refractivity contribution in [3.05, 3.63) is 47.4 Å². The molecule has 0 N–H and O–H groups in total. The molecule has 1 aliphatic rings. The molecule has 4 nitrogen and oxygen atoms in total. The number of nitriles is 1. The molecule has 21 heavy (non-hydrogen) atoms. The van der Waals surface area contributed by atoms with Crippen molar-refractivity contribution in [1.82, 2.24) is 0 Å². The van der Waals surface area contributed by atoms with E-state index in [2.05, 4.69) is 17.4 Å². The van der Waals surface area contributed by atoms with Crippen LogP contribution in [0.1, 0.15) is 23.5 Å². The van der Waals surface area contributed by atoms with Gasteiger partial charge in [-0.2, -0.15) is 5.26 Å². The van der Waals surface area contributed by atoms with Crippen LogP contribution in [0.4, 0.5) is 0 Å². The van der Waals surface area contributed by atoms with Crippen molar-refractivity contribution in [3.63, 3.8) is 0 Å². The summed E-state index contributed by atoms with van der Waals surface area (Å²) in [5.74, 6) is -1.43. The van der Waals surface area contributed by atoms with Crippen LogP contribution >= 0.6 is 11.3 Å². The standard InChI is InChI=1S/C16H11NO3S/c1-2-14(18)20-16(19)12-6-11(12)13-8-21-15-9(7-17)4-3-5-10(13)15/h2-5,8,11-12H,1,6H2. The number of rotatable bonds is 3. The van der Waals surface area contributed by atoms with Gasteiger partial charge in [-0.05, 0) is 34.7 Å². The number of ether oxygens (including phenoxy) is 1. The number of carbonyl (C=O) groups is 2. The first-order valence-corrected chi connectivity index (χ1v) is 7.32. The average molecular weight is 297 g/mol. The molecule has 0 saturated heterocycles. The monoisotopic (exact) mass is 297 g/mol. The maximum atomic E-state index is 11.8. The molecule has 0 amide bonds. The Balaban J connectivity index is 1.84. The van der Waals surface area contributed by atoms with E-state index in [1.54, 1.807) is 6.07 Å². The quantitative estimate of drug-likeness (QED) is 0.496. The Morgan fingerprint density at radius 2 is 2.29 bits per heavy atom. The van der Waals surface area contributed by atoms with Crippen LogP contribution in [-0.2, 0) is 14.3 Å². The molecule has 0 spiro atoms. The molecule has 1 aliphatic carbocycles. The fraction of sp³-hybridized carbons (Fsp3) is 0.188. The molecule has 0 radical (unpaired) electrons. The van der Waals surface area contributed by atoms with Crippen LogP contribution in [0, 0.1) is 17.2 Å². The van der Waals surface area contributed by atoms with E-state index in [1.165, 1.54) is 11.3 Å². The highest BCUT2D eigenvalue weighted by Gasteiger charge is 2.46. The summed E-state index contributed by atoms with van der Waals surface area (Å²) in [5, 5.41) is 12.1. The van der Waals surface area contributed by atoms with Crippen LogP contribution in [0.25, 0.3) is 10.1 Å². The number of nitrogens with zero attached hydrogens (tertiary/aromatic N) is 1. The first kappa shape index (κ1) is 13.5. The third-order valence-electron chi connectivity index (χ3n) is 3.61. The molecule has 104 valence electrons. The predicted octanol–water partition coefficient (Wildman–Crippen LogP) is 3.13. The van der Waals surface area contributed by atoms with Crippen molar-refractivity contribution in [1.29, 1.82) is 5.26 Å². The van der Waals surface area contributed by atoms with Gasteiger partial charge in [0, 0.05) is 6.08 Å². The molecule has 1 aromatic carbocycles. The van der Waals surface area contributed by atoms with Gasteiger partial charge in [-0.15, -0.1) is 11.3 Å². The highest BCUT2D eigenvalue weighted by atomic mass is 32.1. The van der Waals surface area contributed by atoms with E-state index in [-0.39, 0.29) is 11.8 Å². The van der Waals surface area contributed by atoms with Gasteiger partial charge in [0.05, 0.1) is 16.2 Å². The first-order chi connectivity index (χ1) is 10.2. The Bertz CT molecular complexity index is 799. The minimum absolute atomic E-state index is 0.0674. The Morgan fingerprint density at radius 3 is 3.00 bits per heavy atom. The van der Waals surface area contributed by atoms with E-state index in [0.717, 1.165) is 21.7 Å². The zero-order chi connectivity index (χ0) is 15.0. The molecule has 1 saturated carbocycles. The molecule has 1 aromatic heterocycles. The molecule has 0 aliphatic heterocycles. The Labute approximate surface area is 125 Å². The number of thiophene rings is 1. The lowest BCUT2D eigenvalue weighted by atomic mass is 10.1. The van der Waals surface area contributed by atoms with Crippen molar-refractivity contribution in [2.75, 3.05) is 0 Å². The molecule has 2 aromatic rings. The van der Waals surface area contributed by atoms with Gasteiger partial charge in [0.2, 0.25) is 0 Å². The van der Waals surface area contributed by atoms with Crippen molar-refractivity contribution < 1.29 is 14.3 Å². The number of carbonyl (C=O) groups excluding carboxylic acids is 2. The van der Waals surface area contributed by atoms with Gasteiger partial charge >= 0.3 is 11.9 Å². The summed E-state index contributed by atoms with van der Waals surface area (Å²) in [6.45, 7) is 3.27. The third kappa shape index (κ3) is 2.34. The molecule has 2 unspecified atom stereocenters. The summed E-state index contributed by atoms with van der Waals surface area (Å²) in [5.41, 5.74) is 1.70. The Morgan fingerprint density at radius 1 is 1.48 bits per heavy atom. The van der Waals surface area contributed by atoms with E-state index in [1.807, 2.05) is 17.5 Å². The average Bonchev–Trinajstić information content (AvgIpc) is 3.18. The molecule has 1 heterocycles. The van der Waals surface area contributed by atoms with Gasteiger partial charge in [0.25, 0.3) is 0 Å². The second kappa shape index (κ2) is 5.15. The second-order valence-electron chi connectivity index (χ2n) is 4.88.